The molecule has 14 heteroatoms. The van der Waals surface area contributed by atoms with Gasteiger partial charge in [0, 0.05) is 71.6 Å². The molecular formula is C58H66N6O8. The molecule has 4 aromatic carbocycles. The van der Waals surface area contributed by atoms with Gasteiger partial charge in [-0.1, -0.05) is 38.5 Å². The molecule has 8 rings (SSSR count). The van der Waals surface area contributed by atoms with Crippen LogP contribution in [0.4, 0.5) is 11.4 Å². The van der Waals surface area contributed by atoms with Crippen molar-refractivity contribution in [3.63, 3.8) is 0 Å². The highest BCUT2D eigenvalue weighted by molar-refractivity contribution is 5.95. The number of benzene rings is 4. The van der Waals surface area contributed by atoms with Gasteiger partial charge >= 0.3 is 11.9 Å². The van der Waals surface area contributed by atoms with Crippen molar-refractivity contribution in [3.8, 4) is 12.1 Å². The molecule has 3 N–H and O–H groups in total. The second-order valence-electron chi connectivity index (χ2n) is 19.2. The third kappa shape index (κ3) is 12.8. The van der Waals surface area contributed by atoms with E-state index in [0.29, 0.717) is 47.2 Å². The number of aryl methyl sites for hydroxylation is 2. The van der Waals surface area contributed by atoms with E-state index in [1.165, 1.54) is 48.3 Å². The summed E-state index contributed by atoms with van der Waals surface area (Å²) in [5, 5.41) is 36.8. The van der Waals surface area contributed by atoms with Crippen molar-refractivity contribution in [2.45, 2.75) is 110 Å². The number of nitrogens with one attached hydrogen (secondary N) is 2. The number of aliphatic carboxylic acids is 1. The first-order chi connectivity index (χ1) is 34.8. The van der Waals surface area contributed by atoms with Crippen LogP contribution in [0.3, 0.4) is 0 Å². The first-order valence-corrected chi connectivity index (χ1v) is 25.3. The number of hydrogen-bond acceptors (Lipinski definition) is 11. The normalized spacial score (nSPS) is 14.8. The summed E-state index contributed by atoms with van der Waals surface area (Å²) < 4.78 is 17.7. The number of fused-ring (bicyclic) bond motifs is 2. The fraction of sp³-hybridized carbons (Fsp3) is 0.414. The summed E-state index contributed by atoms with van der Waals surface area (Å²) >= 11 is 0. The molecule has 0 radical (unpaired) electrons. The number of carboxylic acid groups (broad SMARTS) is 1. The van der Waals surface area contributed by atoms with Gasteiger partial charge in [0.1, 0.15) is 22.7 Å². The number of ether oxygens (including phenoxy) is 1. The van der Waals surface area contributed by atoms with E-state index in [1.54, 1.807) is 45.3 Å². The van der Waals surface area contributed by atoms with Crippen LogP contribution in [0.2, 0.25) is 0 Å². The maximum atomic E-state index is 12.8. The van der Waals surface area contributed by atoms with E-state index >= 15 is 0 Å². The fourth-order valence-corrected chi connectivity index (χ4v) is 10.1. The molecule has 2 saturated carbocycles. The van der Waals surface area contributed by atoms with E-state index in [4.69, 9.17) is 18.7 Å². The van der Waals surface area contributed by atoms with Crippen LogP contribution in [0.1, 0.15) is 151 Å². The van der Waals surface area contributed by atoms with Crippen LogP contribution in [0.15, 0.2) is 93.8 Å². The Labute approximate surface area is 421 Å². The first kappa shape index (κ1) is 52.2. The molecular weight excluding hydrogens is 909 g/mol. The minimum absolute atomic E-state index is 0.00737. The number of hydrogen-bond donors (Lipinski definition) is 3. The zero-order valence-electron chi connectivity index (χ0n) is 42.1. The Bertz CT molecular complexity index is 2930. The number of carbonyl (C=O) groups is 4. The number of esters is 1. The van der Waals surface area contributed by atoms with Gasteiger partial charge in [-0.2, -0.15) is 10.5 Å². The van der Waals surface area contributed by atoms with Crippen LogP contribution in [0.5, 0.6) is 0 Å². The highest BCUT2D eigenvalue weighted by Crippen LogP contribution is 2.43. The number of rotatable bonds is 17. The zero-order chi connectivity index (χ0) is 51.3. The van der Waals surface area contributed by atoms with Gasteiger partial charge in [-0.25, -0.2) is 0 Å². The summed E-state index contributed by atoms with van der Waals surface area (Å²) in [6, 6.07) is 30.3. The minimum Gasteiger partial charge on any atom is -0.481 e. The number of anilines is 2. The Morgan fingerprint density at radius 1 is 0.639 bits per heavy atom. The van der Waals surface area contributed by atoms with Crippen LogP contribution in [0, 0.1) is 48.3 Å². The molecule has 2 heterocycles. The summed E-state index contributed by atoms with van der Waals surface area (Å²) in [7, 11) is 3.30. The Morgan fingerprint density at radius 3 is 1.42 bits per heavy atom. The summed E-state index contributed by atoms with van der Waals surface area (Å²) in [4.78, 5) is 50.9. The van der Waals surface area contributed by atoms with E-state index in [2.05, 4.69) is 36.6 Å². The summed E-state index contributed by atoms with van der Waals surface area (Å²) in [5.41, 5.74) is 7.81. The second-order valence-corrected chi connectivity index (χ2v) is 19.2. The molecule has 0 saturated heterocycles. The van der Waals surface area contributed by atoms with Gasteiger partial charge in [0.2, 0.25) is 0 Å². The maximum absolute atomic E-state index is 12.8. The van der Waals surface area contributed by atoms with Crippen molar-refractivity contribution >= 4 is 57.1 Å². The van der Waals surface area contributed by atoms with E-state index in [0.717, 1.165) is 81.6 Å². The molecule has 2 amide bonds. The van der Waals surface area contributed by atoms with Crippen LogP contribution >= 0.6 is 0 Å². The highest BCUT2D eigenvalue weighted by atomic mass is 16.5. The van der Waals surface area contributed by atoms with Gasteiger partial charge < -0.3 is 39.1 Å². The molecule has 0 spiro atoms. The third-order valence-electron chi connectivity index (χ3n) is 14.2. The lowest BCUT2D eigenvalue weighted by atomic mass is 9.82. The van der Waals surface area contributed by atoms with Crippen molar-refractivity contribution in [3.05, 3.63) is 130 Å². The lowest BCUT2D eigenvalue weighted by Gasteiger charge is -2.31. The standard InChI is InChI=1S/C30H35N3O4.C28H31N3O4/c1-4-36-27(34)16-17-33(3)30(35)23-11-13-24(14-12-23)32-28(22-8-6-5-7-9-22)29-20(2)25-18-21(19-31)10-15-26(25)37-29;1-18-23-16-19(17-29)8-13-24(23)35-27(18)26(20-6-4-3-5-7-20)30-22-11-9-21(10-12-22)28(34)31(2)15-14-25(32)33/h10-15,18,22,28,32H,4-9,16-17H2,1-3H3;8-13,16,20,26,30H,3-7,14-15H2,1-2H3,(H,32,33). The molecule has 2 fully saturated rings. The van der Waals surface area contributed by atoms with Crippen LogP contribution in [0.25, 0.3) is 21.9 Å². The number of carbonyl (C=O) groups excluding carboxylic acids is 3. The lowest BCUT2D eigenvalue weighted by molar-refractivity contribution is -0.143. The number of amides is 2. The first-order valence-electron chi connectivity index (χ1n) is 25.3. The quantitative estimate of drug-likeness (QED) is 0.0731. The van der Waals surface area contributed by atoms with Crippen molar-refractivity contribution < 1.29 is 37.9 Å². The second kappa shape index (κ2) is 24.5. The molecule has 6 aromatic rings. The smallest absolute Gasteiger partial charge is 0.307 e. The molecule has 2 unspecified atom stereocenters. The Morgan fingerprint density at radius 2 is 1.04 bits per heavy atom. The maximum Gasteiger partial charge on any atom is 0.307 e. The molecule has 376 valence electrons. The van der Waals surface area contributed by atoms with Crippen molar-refractivity contribution in [1.29, 1.82) is 10.5 Å². The Kier molecular flexibility index (Phi) is 17.8. The lowest BCUT2D eigenvalue weighted by Crippen LogP contribution is -2.29. The van der Waals surface area contributed by atoms with Gasteiger partial charge in [0.15, 0.2) is 0 Å². The average molecular weight is 975 g/mol. The van der Waals surface area contributed by atoms with E-state index in [-0.39, 0.29) is 49.3 Å². The monoisotopic (exact) mass is 974 g/mol. The SMILES string of the molecule is CCOC(=O)CCN(C)C(=O)c1ccc(NC(c2oc3ccc(C#N)cc3c2C)C2CCCCC2)cc1.Cc1c(C(Nc2ccc(C(=O)N(C)CCC(=O)O)cc2)C2CCCCC2)oc2ccc(C#N)cc12. The number of carboxylic acids is 1. The predicted octanol–water partition coefficient (Wildman–Crippen LogP) is 12.3. The van der Waals surface area contributed by atoms with Gasteiger partial charge in [-0.05, 0) is 143 Å². The molecule has 2 aliphatic rings. The van der Waals surface area contributed by atoms with Crippen LogP contribution in [-0.4, -0.2) is 72.5 Å². The van der Waals surface area contributed by atoms with Crippen LogP contribution in [-0.2, 0) is 14.3 Å². The predicted molar refractivity (Wildman–Crippen MR) is 278 cm³/mol. The van der Waals surface area contributed by atoms with Crippen molar-refractivity contribution in [2.75, 3.05) is 44.4 Å². The van der Waals surface area contributed by atoms with Gasteiger partial charge in [0.25, 0.3) is 11.8 Å². The van der Waals surface area contributed by atoms with E-state index in [9.17, 15) is 29.7 Å². The van der Waals surface area contributed by atoms with Gasteiger partial charge in [-0.3, -0.25) is 19.2 Å². The summed E-state index contributed by atoms with van der Waals surface area (Å²) in [6.07, 6.45) is 11.9. The van der Waals surface area contributed by atoms with E-state index in [1.807, 2.05) is 60.7 Å². The fourth-order valence-electron chi connectivity index (χ4n) is 10.1. The van der Waals surface area contributed by atoms with Crippen LogP contribution < -0.4 is 10.6 Å². The number of nitriles is 2. The zero-order valence-corrected chi connectivity index (χ0v) is 42.1. The third-order valence-corrected chi connectivity index (χ3v) is 14.2. The average Bonchev–Trinajstić information content (AvgIpc) is 3.92. The molecule has 72 heavy (non-hydrogen) atoms. The van der Waals surface area contributed by atoms with Gasteiger partial charge in [0.05, 0.1) is 54.8 Å². The van der Waals surface area contributed by atoms with Gasteiger partial charge in [-0.15, -0.1) is 0 Å². The Balaban J connectivity index is 0.000000212. The molecule has 2 atom stereocenters. The summed E-state index contributed by atoms with van der Waals surface area (Å²) in [5.74, 6) is 1.08. The largest absolute Gasteiger partial charge is 0.481 e. The molecule has 0 bridgehead atoms. The summed E-state index contributed by atoms with van der Waals surface area (Å²) in [6.45, 7) is 6.68. The van der Waals surface area contributed by atoms with Crippen molar-refractivity contribution in [1.82, 2.24) is 9.80 Å². The highest BCUT2D eigenvalue weighted by Gasteiger charge is 2.32. The number of furan rings is 2. The molecule has 14 nitrogen and oxygen atoms in total. The number of nitrogens with zero attached hydrogens (tertiary/aromatic N) is 4. The molecule has 2 aliphatic carbocycles. The topological polar surface area (TPSA) is 202 Å². The minimum atomic E-state index is -0.928. The molecule has 2 aromatic heterocycles. The van der Waals surface area contributed by atoms with Crippen molar-refractivity contribution in [2.24, 2.45) is 11.8 Å². The van der Waals surface area contributed by atoms with E-state index < -0.39 is 5.97 Å². The Hall–Kier alpha value is -7.58. The molecule has 0 aliphatic heterocycles.